The number of benzene rings is 1. The zero-order valence-corrected chi connectivity index (χ0v) is 17.0. The predicted octanol–water partition coefficient (Wildman–Crippen LogP) is 3.88. The Kier molecular flexibility index (Phi) is 4.89. The van der Waals surface area contributed by atoms with Crippen LogP contribution in [0.15, 0.2) is 45.8 Å². The maximum atomic E-state index is 12.9. The minimum absolute atomic E-state index is 0.0509. The van der Waals surface area contributed by atoms with Crippen molar-refractivity contribution in [2.24, 2.45) is 11.3 Å². The van der Waals surface area contributed by atoms with Gasteiger partial charge >= 0.3 is 5.63 Å². The molecule has 0 spiro atoms. The van der Waals surface area contributed by atoms with Gasteiger partial charge in [0.2, 0.25) is 0 Å². The van der Waals surface area contributed by atoms with E-state index in [0.717, 1.165) is 23.1 Å². The van der Waals surface area contributed by atoms with Crippen LogP contribution < -0.4 is 5.63 Å². The molecule has 29 heavy (non-hydrogen) atoms. The van der Waals surface area contributed by atoms with E-state index >= 15 is 0 Å². The zero-order chi connectivity index (χ0) is 20.8. The standard InChI is InChI=1S/C24H28O5/c1-15-3-6-18(25)13-16(15)4-7-20-21(26)10-11-23(2)19(9-12-24(20,23)28)17-5-8-22(27)29-14-17/h3,5-6,8,13-14,19-20,25,28H,4,7,9-12H2,1-2H3/t19-,20+,23+,24-/m0/s1. The van der Waals surface area contributed by atoms with Gasteiger partial charge in [0.25, 0.3) is 0 Å². The van der Waals surface area contributed by atoms with Crippen LogP contribution in [0.1, 0.15) is 61.6 Å². The van der Waals surface area contributed by atoms with Gasteiger partial charge in [-0.15, -0.1) is 0 Å². The molecular formula is C24H28O5. The third-order valence-corrected chi connectivity index (χ3v) is 7.59. The molecule has 0 aliphatic heterocycles. The van der Waals surface area contributed by atoms with Crippen molar-refractivity contribution in [3.63, 3.8) is 0 Å². The molecule has 1 aromatic heterocycles. The molecule has 0 bridgehead atoms. The maximum absolute atomic E-state index is 12.9. The molecule has 2 saturated carbocycles. The summed E-state index contributed by atoms with van der Waals surface area (Å²) in [7, 11) is 0. The second-order valence-electron chi connectivity index (χ2n) is 8.99. The number of aliphatic hydroxyl groups is 1. The van der Waals surface area contributed by atoms with Crippen molar-refractivity contribution in [3.05, 3.63) is 63.7 Å². The summed E-state index contributed by atoms with van der Waals surface area (Å²) >= 11 is 0. The predicted molar refractivity (Wildman–Crippen MR) is 109 cm³/mol. The highest BCUT2D eigenvalue weighted by Gasteiger charge is 2.63. The lowest BCUT2D eigenvalue weighted by Gasteiger charge is -2.50. The lowest BCUT2D eigenvalue weighted by Crippen LogP contribution is -2.56. The topological polar surface area (TPSA) is 87.7 Å². The van der Waals surface area contributed by atoms with Gasteiger partial charge < -0.3 is 14.6 Å². The van der Waals surface area contributed by atoms with E-state index in [1.807, 2.05) is 13.0 Å². The molecule has 0 amide bonds. The fraction of sp³-hybridized carbons (Fsp3) is 0.500. The summed E-state index contributed by atoms with van der Waals surface area (Å²) in [5, 5.41) is 21.6. The normalized spacial score (nSPS) is 31.6. The Morgan fingerprint density at radius 1 is 1.17 bits per heavy atom. The van der Waals surface area contributed by atoms with Crippen LogP contribution in [0, 0.1) is 18.3 Å². The number of phenols is 1. The molecule has 0 unspecified atom stereocenters. The molecule has 4 atom stereocenters. The van der Waals surface area contributed by atoms with E-state index in [-0.39, 0.29) is 23.1 Å². The highest BCUT2D eigenvalue weighted by Crippen LogP contribution is 2.63. The average molecular weight is 396 g/mol. The van der Waals surface area contributed by atoms with E-state index < -0.39 is 16.9 Å². The molecule has 2 aliphatic carbocycles. The van der Waals surface area contributed by atoms with Crippen LogP contribution >= 0.6 is 0 Å². The fourth-order valence-electron chi connectivity index (χ4n) is 5.79. The Morgan fingerprint density at radius 2 is 1.97 bits per heavy atom. The van der Waals surface area contributed by atoms with Gasteiger partial charge in [-0.05, 0) is 79.8 Å². The van der Waals surface area contributed by atoms with Crippen molar-refractivity contribution in [1.29, 1.82) is 0 Å². The number of hydrogen-bond acceptors (Lipinski definition) is 5. The number of carbonyl (C=O) groups excluding carboxylic acids is 1. The molecule has 2 fully saturated rings. The molecule has 2 aromatic rings. The van der Waals surface area contributed by atoms with Crippen LogP contribution in [0.2, 0.25) is 0 Å². The molecule has 5 heteroatoms. The van der Waals surface area contributed by atoms with Crippen LogP contribution in [-0.4, -0.2) is 21.6 Å². The summed E-state index contributed by atoms with van der Waals surface area (Å²) in [6.07, 6.45) is 5.11. The summed E-state index contributed by atoms with van der Waals surface area (Å²) in [5.41, 5.74) is 1.09. The minimum Gasteiger partial charge on any atom is -0.508 e. The van der Waals surface area contributed by atoms with Crippen LogP contribution in [0.5, 0.6) is 5.75 Å². The first kappa shape index (κ1) is 19.9. The van der Waals surface area contributed by atoms with Gasteiger partial charge in [0, 0.05) is 23.8 Å². The van der Waals surface area contributed by atoms with Crippen LogP contribution in [0.25, 0.3) is 0 Å². The van der Waals surface area contributed by atoms with E-state index in [4.69, 9.17) is 4.42 Å². The Bertz CT molecular complexity index is 973. The molecule has 154 valence electrons. The van der Waals surface area contributed by atoms with Crippen molar-refractivity contribution < 1.29 is 19.4 Å². The summed E-state index contributed by atoms with van der Waals surface area (Å²) in [4.78, 5) is 24.2. The van der Waals surface area contributed by atoms with E-state index in [1.165, 1.54) is 12.3 Å². The van der Waals surface area contributed by atoms with Crippen LogP contribution in [0.3, 0.4) is 0 Å². The highest BCUT2D eigenvalue weighted by molar-refractivity contribution is 5.84. The number of aromatic hydroxyl groups is 1. The Balaban J connectivity index is 1.62. The van der Waals surface area contributed by atoms with E-state index in [9.17, 15) is 19.8 Å². The Morgan fingerprint density at radius 3 is 2.69 bits per heavy atom. The maximum Gasteiger partial charge on any atom is 0.335 e. The number of carbonyl (C=O) groups is 1. The average Bonchev–Trinajstić information content (AvgIpc) is 2.96. The molecular weight excluding hydrogens is 368 g/mol. The zero-order valence-electron chi connectivity index (χ0n) is 17.0. The van der Waals surface area contributed by atoms with Gasteiger partial charge in [0.1, 0.15) is 11.5 Å². The number of ketones is 1. The monoisotopic (exact) mass is 396 g/mol. The third-order valence-electron chi connectivity index (χ3n) is 7.59. The molecule has 4 rings (SSSR count). The first-order valence-corrected chi connectivity index (χ1v) is 10.4. The summed E-state index contributed by atoms with van der Waals surface area (Å²) in [5.74, 6) is -0.0303. The van der Waals surface area contributed by atoms with Crippen LogP contribution in [-0.2, 0) is 11.2 Å². The molecule has 0 saturated heterocycles. The number of Topliss-reactive ketones (excluding diaryl/α,β-unsaturated/α-hetero) is 1. The van der Waals surface area contributed by atoms with Gasteiger partial charge in [0.05, 0.1) is 11.9 Å². The van der Waals surface area contributed by atoms with Gasteiger partial charge in [-0.1, -0.05) is 13.0 Å². The molecule has 5 nitrogen and oxygen atoms in total. The fourth-order valence-corrected chi connectivity index (χ4v) is 5.79. The van der Waals surface area contributed by atoms with E-state index in [0.29, 0.717) is 32.1 Å². The smallest absolute Gasteiger partial charge is 0.335 e. The molecule has 0 radical (unpaired) electrons. The highest BCUT2D eigenvalue weighted by atomic mass is 16.4. The van der Waals surface area contributed by atoms with Crippen LogP contribution in [0.4, 0.5) is 0 Å². The first-order chi connectivity index (χ1) is 13.7. The Labute approximate surface area is 170 Å². The molecule has 2 aliphatic rings. The SMILES string of the molecule is Cc1ccc(O)cc1CC[C@@H]1C(=O)CC[C@]2(C)[C@H](c3ccc(=O)oc3)CC[C@]12O. The summed E-state index contributed by atoms with van der Waals surface area (Å²) < 4.78 is 5.08. The van der Waals surface area contributed by atoms with E-state index in [1.54, 1.807) is 18.2 Å². The number of fused-ring (bicyclic) bond motifs is 1. The molecule has 1 heterocycles. The Hall–Kier alpha value is -2.40. The van der Waals surface area contributed by atoms with Gasteiger partial charge in [0.15, 0.2) is 0 Å². The van der Waals surface area contributed by atoms with Gasteiger partial charge in [-0.2, -0.15) is 0 Å². The van der Waals surface area contributed by atoms with Crippen molar-refractivity contribution >= 4 is 5.78 Å². The number of rotatable bonds is 4. The van der Waals surface area contributed by atoms with Crippen molar-refractivity contribution in [2.75, 3.05) is 0 Å². The van der Waals surface area contributed by atoms with Crippen molar-refractivity contribution in [3.8, 4) is 5.75 Å². The number of phenolic OH excluding ortho intramolecular Hbond substituents is 1. The third kappa shape index (κ3) is 3.21. The summed E-state index contributed by atoms with van der Waals surface area (Å²) in [6.45, 7) is 4.07. The van der Waals surface area contributed by atoms with Gasteiger partial charge in [-0.3, -0.25) is 4.79 Å². The summed E-state index contributed by atoms with van der Waals surface area (Å²) in [6, 6.07) is 8.49. The quantitative estimate of drug-likeness (QED) is 0.819. The minimum atomic E-state index is -1.08. The van der Waals surface area contributed by atoms with Gasteiger partial charge in [-0.25, -0.2) is 4.79 Å². The second kappa shape index (κ2) is 7.13. The largest absolute Gasteiger partial charge is 0.508 e. The lowest BCUT2D eigenvalue weighted by molar-refractivity contribution is -0.160. The van der Waals surface area contributed by atoms with Crippen molar-refractivity contribution in [1.82, 2.24) is 0 Å². The second-order valence-corrected chi connectivity index (χ2v) is 8.99. The number of hydrogen-bond donors (Lipinski definition) is 2. The van der Waals surface area contributed by atoms with E-state index in [2.05, 4.69) is 6.92 Å². The van der Waals surface area contributed by atoms with Crippen molar-refractivity contribution in [2.45, 2.75) is 63.9 Å². The molecule has 1 aromatic carbocycles. The first-order valence-electron chi connectivity index (χ1n) is 10.4. The molecule has 2 N–H and O–H groups in total. The number of aryl methyl sites for hydroxylation is 2. The lowest BCUT2D eigenvalue weighted by atomic mass is 9.56.